The van der Waals surface area contributed by atoms with Crippen molar-refractivity contribution in [3.05, 3.63) is 35.9 Å². The van der Waals surface area contributed by atoms with Crippen LogP contribution in [0, 0.1) is 5.82 Å². The number of hydrogen-bond acceptors (Lipinski definition) is 4. The van der Waals surface area contributed by atoms with Crippen LogP contribution in [0.4, 0.5) is 16.0 Å². The number of aromatic nitrogens is 3. The smallest absolute Gasteiger partial charge is 0.231 e. The summed E-state index contributed by atoms with van der Waals surface area (Å²) in [5.41, 5.74) is 0.797. The summed E-state index contributed by atoms with van der Waals surface area (Å²) in [6.45, 7) is 0.380. The highest BCUT2D eigenvalue weighted by Crippen LogP contribution is 2.33. The Balaban J connectivity index is 1.90. The zero-order chi connectivity index (χ0) is 16.2. The van der Waals surface area contributed by atoms with Crippen LogP contribution >= 0.6 is 0 Å². The molecule has 1 saturated carbocycles. The number of hydrogen-bond donors (Lipinski definition) is 1. The zero-order valence-corrected chi connectivity index (χ0v) is 13.5. The van der Waals surface area contributed by atoms with Gasteiger partial charge in [-0.15, -0.1) is 10.2 Å². The normalized spacial score (nSPS) is 15.8. The van der Waals surface area contributed by atoms with Crippen LogP contribution in [0.3, 0.4) is 0 Å². The lowest BCUT2D eigenvalue weighted by Crippen LogP contribution is -2.24. The molecule has 5 nitrogen and oxygen atoms in total. The van der Waals surface area contributed by atoms with E-state index in [0.29, 0.717) is 18.4 Å². The third kappa shape index (κ3) is 3.37. The Morgan fingerprint density at radius 1 is 1.17 bits per heavy atom. The van der Waals surface area contributed by atoms with Crippen molar-refractivity contribution >= 4 is 11.6 Å². The summed E-state index contributed by atoms with van der Waals surface area (Å²) in [5.74, 6) is 1.87. The molecule has 1 N–H and O–H groups in total. The fraction of sp³-hybridized carbons (Fsp3) is 0.529. The van der Waals surface area contributed by atoms with E-state index >= 15 is 0 Å². The van der Waals surface area contributed by atoms with E-state index in [9.17, 15) is 9.50 Å². The predicted octanol–water partition coefficient (Wildman–Crippen LogP) is 3.13. The van der Waals surface area contributed by atoms with Crippen LogP contribution in [0.2, 0.25) is 0 Å². The van der Waals surface area contributed by atoms with Crippen LogP contribution in [-0.4, -0.2) is 33.0 Å². The van der Waals surface area contributed by atoms with Crippen molar-refractivity contribution < 1.29 is 9.50 Å². The van der Waals surface area contributed by atoms with E-state index in [1.54, 1.807) is 12.1 Å². The Morgan fingerprint density at radius 3 is 2.52 bits per heavy atom. The molecule has 1 aliphatic rings. The van der Waals surface area contributed by atoms with Gasteiger partial charge in [-0.3, -0.25) is 4.57 Å². The average molecular weight is 318 g/mol. The third-order valence-corrected chi connectivity index (χ3v) is 4.56. The fourth-order valence-electron chi connectivity index (χ4n) is 3.35. The Bertz CT molecular complexity index is 635. The van der Waals surface area contributed by atoms with Gasteiger partial charge in [-0.1, -0.05) is 19.3 Å². The Morgan fingerprint density at radius 2 is 1.87 bits per heavy atom. The van der Waals surface area contributed by atoms with Crippen molar-refractivity contribution in [2.75, 3.05) is 18.1 Å². The molecule has 6 heteroatoms. The van der Waals surface area contributed by atoms with E-state index in [-0.39, 0.29) is 12.4 Å². The van der Waals surface area contributed by atoms with Gasteiger partial charge in [0.15, 0.2) is 0 Å². The van der Waals surface area contributed by atoms with E-state index in [1.807, 2.05) is 16.5 Å². The molecule has 1 aliphatic carbocycles. The summed E-state index contributed by atoms with van der Waals surface area (Å²) in [7, 11) is 1.97. The van der Waals surface area contributed by atoms with E-state index in [0.717, 1.165) is 24.4 Å². The van der Waals surface area contributed by atoms with Crippen molar-refractivity contribution in [1.29, 1.82) is 0 Å². The zero-order valence-electron chi connectivity index (χ0n) is 13.5. The number of benzene rings is 1. The Hall–Kier alpha value is -1.95. The highest BCUT2D eigenvalue weighted by atomic mass is 19.1. The third-order valence-electron chi connectivity index (χ3n) is 4.56. The van der Waals surface area contributed by atoms with E-state index in [4.69, 9.17) is 0 Å². The molecule has 0 aliphatic heterocycles. The molecule has 1 fully saturated rings. The molecule has 124 valence electrons. The van der Waals surface area contributed by atoms with Gasteiger partial charge in [0.2, 0.25) is 5.95 Å². The molecule has 1 aromatic heterocycles. The van der Waals surface area contributed by atoms with Gasteiger partial charge in [0, 0.05) is 25.2 Å². The maximum atomic E-state index is 13.2. The molecular formula is C17H23FN4O. The molecule has 0 bridgehead atoms. The first kappa shape index (κ1) is 15.9. The van der Waals surface area contributed by atoms with Crippen molar-refractivity contribution in [2.45, 2.75) is 38.0 Å². The summed E-state index contributed by atoms with van der Waals surface area (Å²) in [4.78, 5) is 1.87. The minimum atomic E-state index is -0.279. The van der Waals surface area contributed by atoms with Gasteiger partial charge in [-0.2, -0.15) is 0 Å². The molecular weight excluding hydrogens is 295 g/mol. The van der Waals surface area contributed by atoms with Gasteiger partial charge >= 0.3 is 0 Å². The Kier molecular flexibility index (Phi) is 4.91. The summed E-state index contributed by atoms with van der Waals surface area (Å²) in [5, 5.41) is 18.1. The molecule has 1 aromatic carbocycles. The molecule has 3 rings (SSSR count). The van der Waals surface area contributed by atoms with Gasteiger partial charge in [0.05, 0.1) is 6.61 Å². The van der Waals surface area contributed by atoms with Crippen molar-refractivity contribution in [2.24, 2.45) is 7.05 Å². The fourth-order valence-corrected chi connectivity index (χ4v) is 3.35. The highest BCUT2D eigenvalue weighted by molar-refractivity contribution is 5.57. The van der Waals surface area contributed by atoms with Crippen molar-refractivity contribution in [3.8, 4) is 0 Å². The van der Waals surface area contributed by atoms with Crippen LogP contribution in [0.5, 0.6) is 0 Å². The van der Waals surface area contributed by atoms with Crippen LogP contribution in [0.25, 0.3) is 0 Å². The summed E-state index contributed by atoms with van der Waals surface area (Å²) in [6, 6.07) is 6.22. The molecule has 23 heavy (non-hydrogen) atoms. The van der Waals surface area contributed by atoms with Crippen molar-refractivity contribution in [1.82, 2.24) is 14.8 Å². The standard InChI is InChI=1S/C17H23FN4O/c1-21-16(13-5-3-2-4-6-13)19-20-17(21)22(11-12-23)15-9-7-14(18)8-10-15/h7-10,13,23H,2-6,11-12H2,1H3. The van der Waals surface area contributed by atoms with Crippen LogP contribution in [0.1, 0.15) is 43.8 Å². The number of halogens is 1. The number of nitrogens with zero attached hydrogens (tertiary/aromatic N) is 4. The monoisotopic (exact) mass is 318 g/mol. The molecule has 2 aromatic rings. The quantitative estimate of drug-likeness (QED) is 0.920. The van der Waals surface area contributed by atoms with Gasteiger partial charge in [0.1, 0.15) is 11.6 Å². The lowest BCUT2D eigenvalue weighted by Gasteiger charge is -2.24. The van der Waals surface area contributed by atoms with Gasteiger partial charge in [0.25, 0.3) is 0 Å². The molecule has 1 heterocycles. The van der Waals surface area contributed by atoms with Crippen molar-refractivity contribution in [3.63, 3.8) is 0 Å². The first-order chi connectivity index (χ1) is 11.2. The number of aliphatic hydroxyl groups excluding tert-OH is 1. The first-order valence-corrected chi connectivity index (χ1v) is 8.24. The highest BCUT2D eigenvalue weighted by Gasteiger charge is 2.24. The number of aliphatic hydroxyl groups is 1. The minimum Gasteiger partial charge on any atom is -0.395 e. The largest absolute Gasteiger partial charge is 0.395 e. The number of anilines is 2. The molecule has 0 unspecified atom stereocenters. The maximum Gasteiger partial charge on any atom is 0.231 e. The second kappa shape index (κ2) is 7.08. The first-order valence-electron chi connectivity index (χ1n) is 8.24. The second-order valence-electron chi connectivity index (χ2n) is 6.10. The molecule has 0 saturated heterocycles. The van der Waals surface area contributed by atoms with Crippen LogP contribution < -0.4 is 4.90 Å². The van der Waals surface area contributed by atoms with Gasteiger partial charge in [-0.25, -0.2) is 4.39 Å². The Labute approximate surface area is 135 Å². The average Bonchev–Trinajstić information content (AvgIpc) is 2.96. The summed E-state index contributed by atoms with van der Waals surface area (Å²) in [6.07, 6.45) is 6.09. The molecule has 0 spiro atoms. The molecule has 0 amide bonds. The minimum absolute atomic E-state index is 0.0109. The van der Waals surface area contributed by atoms with Crippen LogP contribution in [-0.2, 0) is 7.05 Å². The SMILES string of the molecule is Cn1c(C2CCCCC2)nnc1N(CCO)c1ccc(F)cc1. The lowest BCUT2D eigenvalue weighted by molar-refractivity contribution is 0.305. The molecule has 0 atom stereocenters. The van der Waals surface area contributed by atoms with E-state index < -0.39 is 0 Å². The predicted molar refractivity (Wildman–Crippen MR) is 87.3 cm³/mol. The van der Waals surface area contributed by atoms with E-state index in [1.165, 1.54) is 31.4 Å². The summed E-state index contributed by atoms with van der Waals surface area (Å²) >= 11 is 0. The van der Waals surface area contributed by atoms with Gasteiger partial charge < -0.3 is 10.0 Å². The molecule has 0 radical (unpaired) electrons. The second-order valence-corrected chi connectivity index (χ2v) is 6.10. The maximum absolute atomic E-state index is 13.2. The van der Waals surface area contributed by atoms with Gasteiger partial charge in [-0.05, 0) is 37.1 Å². The topological polar surface area (TPSA) is 54.2 Å². The summed E-state index contributed by atoms with van der Waals surface area (Å²) < 4.78 is 15.2. The lowest BCUT2D eigenvalue weighted by atomic mass is 9.89. The number of rotatable bonds is 5. The van der Waals surface area contributed by atoms with Crippen LogP contribution in [0.15, 0.2) is 24.3 Å². The van der Waals surface area contributed by atoms with E-state index in [2.05, 4.69) is 10.2 Å².